The molecule has 4 heteroatoms. The van der Waals surface area contributed by atoms with Crippen molar-refractivity contribution < 1.29 is 4.74 Å². The molecule has 0 saturated heterocycles. The van der Waals surface area contributed by atoms with E-state index in [1.165, 1.54) is 0 Å². The molecule has 0 bridgehead atoms. The van der Waals surface area contributed by atoms with Gasteiger partial charge in [0.05, 0.1) is 5.02 Å². The van der Waals surface area contributed by atoms with Crippen LogP contribution in [0.2, 0.25) is 10.0 Å². The smallest absolute Gasteiger partial charge is 0.139 e. The Bertz CT molecular complexity index is 344. The molecule has 1 rings (SSSR count). The zero-order chi connectivity index (χ0) is 12.7. The lowest BCUT2D eigenvalue weighted by molar-refractivity contribution is 0.187. The Balaban J connectivity index is 2.67. The number of hydrogen-bond acceptors (Lipinski definition) is 2. The van der Waals surface area contributed by atoms with E-state index in [4.69, 9.17) is 27.9 Å². The first kappa shape index (κ1) is 14.6. The predicted octanol–water partition coefficient (Wildman–Crippen LogP) is 4.15. The Kier molecular flexibility index (Phi) is 6.71. The quantitative estimate of drug-likeness (QED) is 0.807. The van der Waals surface area contributed by atoms with Gasteiger partial charge in [-0.15, -0.1) is 0 Å². The summed E-state index contributed by atoms with van der Waals surface area (Å²) in [6.07, 6.45) is 2.21. The van der Waals surface area contributed by atoms with Gasteiger partial charge in [-0.2, -0.15) is 0 Å². The first-order valence-electron chi connectivity index (χ1n) is 5.99. The molecule has 0 aliphatic rings. The third-order valence-electron chi connectivity index (χ3n) is 2.42. The average molecular weight is 276 g/mol. The summed E-state index contributed by atoms with van der Waals surface area (Å²) >= 11 is 12.0. The largest absolute Gasteiger partial charge is 0.487 e. The molecule has 0 amide bonds. The highest BCUT2D eigenvalue weighted by atomic mass is 35.5. The third-order valence-corrected chi connectivity index (χ3v) is 2.97. The van der Waals surface area contributed by atoms with Crippen molar-refractivity contribution >= 4 is 23.2 Å². The van der Waals surface area contributed by atoms with Crippen LogP contribution in [0.5, 0.6) is 5.75 Å². The summed E-state index contributed by atoms with van der Waals surface area (Å²) in [5, 5.41) is 4.53. The fourth-order valence-corrected chi connectivity index (χ4v) is 1.90. The van der Waals surface area contributed by atoms with Crippen molar-refractivity contribution in [3.63, 3.8) is 0 Å². The molecule has 0 aliphatic carbocycles. The molecule has 96 valence electrons. The topological polar surface area (TPSA) is 21.3 Å². The molecular formula is C13H19Cl2NO. The highest BCUT2D eigenvalue weighted by Crippen LogP contribution is 2.28. The average Bonchev–Trinajstić information content (AvgIpc) is 2.31. The lowest BCUT2D eigenvalue weighted by atomic mass is 10.2. The Morgan fingerprint density at radius 2 is 2.06 bits per heavy atom. The number of hydrogen-bond donors (Lipinski definition) is 1. The fourth-order valence-electron chi connectivity index (χ4n) is 1.58. The van der Waals surface area contributed by atoms with Gasteiger partial charge in [-0.1, -0.05) is 43.5 Å². The third kappa shape index (κ3) is 5.15. The molecule has 0 aliphatic heterocycles. The monoisotopic (exact) mass is 275 g/mol. The van der Waals surface area contributed by atoms with E-state index in [1.54, 1.807) is 18.2 Å². The lowest BCUT2D eigenvalue weighted by Crippen LogP contribution is -2.31. The van der Waals surface area contributed by atoms with Crippen molar-refractivity contribution in [1.82, 2.24) is 5.32 Å². The van der Waals surface area contributed by atoms with Crippen LogP contribution in [-0.2, 0) is 0 Å². The highest BCUT2D eigenvalue weighted by Gasteiger charge is 2.11. The van der Waals surface area contributed by atoms with Crippen LogP contribution in [0, 0.1) is 0 Å². The Morgan fingerprint density at radius 1 is 1.29 bits per heavy atom. The van der Waals surface area contributed by atoms with Gasteiger partial charge in [-0.25, -0.2) is 0 Å². The first-order chi connectivity index (χ1) is 8.17. The van der Waals surface area contributed by atoms with Crippen LogP contribution in [-0.4, -0.2) is 19.2 Å². The zero-order valence-corrected chi connectivity index (χ0v) is 11.8. The molecule has 0 saturated carbocycles. The van der Waals surface area contributed by atoms with Gasteiger partial charge in [0.25, 0.3) is 0 Å². The van der Waals surface area contributed by atoms with Gasteiger partial charge in [0.2, 0.25) is 0 Å². The van der Waals surface area contributed by atoms with E-state index in [2.05, 4.69) is 19.2 Å². The Hall–Kier alpha value is -0.440. The molecule has 1 aromatic carbocycles. The fraction of sp³-hybridized carbons (Fsp3) is 0.538. The maximum Gasteiger partial charge on any atom is 0.139 e. The lowest BCUT2D eigenvalue weighted by Gasteiger charge is -2.19. The van der Waals surface area contributed by atoms with Crippen LogP contribution in [0.3, 0.4) is 0 Å². The molecule has 1 unspecified atom stereocenters. The standard InChI is InChI=1S/C13H19Cl2NO/c1-3-5-11(9-16-4-2)17-13-8-10(14)6-7-12(13)15/h6-8,11,16H,3-5,9H2,1-2H3. The van der Waals surface area contributed by atoms with Crippen molar-refractivity contribution in [2.75, 3.05) is 13.1 Å². The van der Waals surface area contributed by atoms with Crippen molar-refractivity contribution in [2.24, 2.45) is 0 Å². The predicted molar refractivity (Wildman–Crippen MR) is 74.3 cm³/mol. The minimum atomic E-state index is 0.135. The molecule has 0 fully saturated rings. The maximum atomic E-state index is 6.07. The molecule has 1 aromatic rings. The van der Waals surface area contributed by atoms with E-state index in [-0.39, 0.29) is 6.10 Å². The SMILES string of the molecule is CCCC(CNCC)Oc1cc(Cl)ccc1Cl. The molecule has 17 heavy (non-hydrogen) atoms. The molecule has 0 heterocycles. The molecule has 2 nitrogen and oxygen atoms in total. The normalized spacial score (nSPS) is 12.5. The number of rotatable bonds is 7. The van der Waals surface area contributed by atoms with Crippen LogP contribution >= 0.6 is 23.2 Å². The molecule has 0 radical (unpaired) electrons. The van der Waals surface area contributed by atoms with E-state index in [0.29, 0.717) is 15.8 Å². The molecule has 1 N–H and O–H groups in total. The van der Waals surface area contributed by atoms with Gasteiger partial charge in [0, 0.05) is 17.6 Å². The van der Waals surface area contributed by atoms with Crippen LogP contribution in [0.25, 0.3) is 0 Å². The summed E-state index contributed by atoms with van der Waals surface area (Å²) in [6.45, 7) is 5.98. The van der Waals surface area contributed by atoms with Crippen molar-refractivity contribution in [3.8, 4) is 5.75 Å². The second kappa shape index (κ2) is 7.80. The van der Waals surface area contributed by atoms with Crippen molar-refractivity contribution in [2.45, 2.75) is 32.8 Å². The van der Waals surface area contributed by atoms with Crippen LogP contribution in [0.4, 0.5) is 0 Å². The first-order valence-corrected chi connectivity index (χ1v) is 6.75. The van der Waals surface area contributed by atoms with Crippen LogP contribution in [0.15, 0.2) is 18.2 Å². The number of nitrogens with one attached hydrogen (secondary N) is 1. The van der Waals surface area contributed by atoms with Gasteiger partial charge in [0.1, 0.15) is 11.9 Å². The van der Waals surface area contributed by atoms with Gasteiger partial charge in [-0.05, 0) is 25.1 Å². The summed E-state index contributed by atoms with van der Waals surface area (Å²) in [7, 11) is 0. The summed E-state index contributed by atoms with van der Waals surface area (Å²) in [6, 6.07) is 5.28. The van der Waals surface area contributed by atoms with E-state index in [1.807, 2.05) is 0 Å². The molecule has 1 atom stereocenters. The van der Waals surface area contributed by atoms with Crippen molar-refractivity contribution in [3.05, 3.63) is 28.2 Å². The van der Waals surface area contributed by atoms with E-state index in [0.717, 1.165) is 25.9 Å². The van der Waals surface area contributed by atoms with Gasteiger partial charge in [-0.3, -0.25) is 0 Å². The van der Waals surface area contributed by atoms with Gasteiger partial charge in [0.15, 0.2) is 0 Å². The summed E-state index contributed by atoms with van der Waals surface area (Å²) < 4.78 is 5.89. The zero-order valence-electron chi connectivity index (χ0n) is 10.3. The molecule has 0 aromatic heterocycles. The van der Waals surface area contributed by atoms with Crippen LogP contribution in [0.1, 0.15) is 26.7 Å². The van der Waals surface area contributed by atoms with E-state index >= 15 is 0 Å². The Labute approximate surface area is 113 Å². The summed E-state index contributed by atoms with van der Waals surface area (Å²) in [5.74, 6) is 0.663. The van der Waals surface area contributed by atoms with E-state index < -0.39 is 0 Å². The minimum Gasteiger partial charge on any atom is -0.487 e. The van der Waals surface area contributed by atoms with Gasteiger partial charge >= 0.3 is 0 Å². The van der Waals surface area contributed by atoms with E-state index in [9.17, 15) is 0 Å². The molecule has 0 spiro atoms. The van der Waals surface area contributed by atoms with Gasteiger partial charge < -0.3 is 10.1 Å². The maximum absolute atomic E-state index is 6.07. The van der Waals surface area contributed by atoms with Crippen molar-refractivity contribution in [1.29, 1.82) is 0 Å². The minimum absolute atomic E-state index is 0.135. The summed E-state index contributed by atoms with van der Waals surface area (Å²) in [5.41, 5.74) is 0. The second-order valence-electron chi connectivity index (χ2n) is 3.91. The summed E-state index contributed by atoms with van der Waals surface area (Å²) in [4.78, 5) is 0. The van der Waals surface area contributed by atoms with Crippen LogP contribution < -0.4 is 10.1 Å². The Morgan fingerprint density at radius 3 is 2.71 bits per heavy atom. The molecular weight excluding hydrogens is 257 g/mol. The number of likely N-dealkylation sites (N-methyl/N-ethyl adjacent to an activating group) is 1. The number of benzene rings is 1. The number of ether oxygens (including phenoxy) is 1. The highest BCUT2D eigenvalue weighted by molar-refractivity contribution is 6.34. The number of halogens is 2. The second-order valence-corrected chi connectivity index (χ2v) is 4.75.